The molecule has 4 aliphatic heterocycles. The topological polar surface area (TPSA) is 275 Å². The number of nitrogens with one attached hydrogen (secondary N) is 2. The van der Waals surface area contributed by atoms with Crippen molar-refractivity contribution in [3.05, 3.63) is 71.9 Å². The summed E-state index contributed by atoms with van der Waals surface area (Å²) < 4.78 is 39.9. The fourth-order valence-corrected chi connectivity index (χ4v) is 10.0. The second-order valence-corrected chi connectivity index (χ2v) is 21.5. The van der Waals surface area contributed by atoms with Gasteiger partial charge in [0.2, 0.25) is 11.8 Å². The third-order valence-corrected chi connectivity index (χ3v) is 14.6. The average Bonchev–Trinajstić information content (AvgIpc) is 3.32. The van der Waals surface area contributed by atoms with Gasteiger partial charge in [0.15, 0.2) is 11.4 Å². The molecule has 2 amide bonds. The summed E-state index contributed by atoms with van der Waals surface area (Å²) in [4.78, 5) is 60.8. The molecule has 4 fully saturated rings. The van der Waals surface area contributed by atoms with Crippen LogP contribution in [-0.4, -0.2) is 164 Å². The molecule has 0 aromatic carbocycles. The predicted octanol–water partition coefficient (Wildman–Crippen LogP) is 4.39. The van der Waals surface area contributed by atoms with Crippen molar-refractivity contribution in [3.63, 3.8) is 0 Å². The highest BCUT2D eigenvalue weighted by Crippen LogP contribution is 2.38. The molecule has 0 radical (unpaired) electrons. The zero-order valence-electron chi connectivity index (χ0n) is 45.3. The molecule has 0 aromatic heterocycles. The summed E-state index contributed by atoms with van der Waals surface area (Å²) in [6, 6.07) is -0.447. The molecule has 0 bridgehead atoms. The Bertz CT molecular complexity index is 2140. The minimum Gasteiger partial charge on any atom is -0.462 e. The number of hydrogen-bond acceptors (Lipinski definition) is 17. The predicted molar refractivity (Wildman–Crippen MR) is 277 cm³/mol. The standard InChI is InChI=1S/C55H83ClN2O17/c1-31(13-19-45-33(3)24-43(37(7)72-45)57-48(61)22-16-35(5)70-39(9)59)12-18-41-27-54(67,29-56)28-42(74-41)26-50(63)69-30-55(68)51(64)47(75-53(11,66)52(55)65)21-15-32(2)14-20-46-34(4)25-44(38(8)73-46)58-49(62)23-17-36(6)71-40(10)60/h12-18,21-23,33-38,41-47,51-52,64-68H,19-20,24-30H2,1-11H3,(H,57,61)(H,58,62)/t33-,34-,35-,36-,37+,38+,41-,42+,43+,44+,45-,46-,47+,51+,52-,53+,54-,55-/m0/s1. The monoisotopic (exact) mass is 1080 g/mol. The van der Waals surface area contributed by atoms with Gasteiger partial charge < -0.3 is 69.3 Å². The van der Waals surface area contributed by atoms with E-state index in [0.29, 0.717) is 25.7 Å². The van der Waals surface area contributed by atoms with Crippen LogP contribution in [0.15, 0.2) is 71.9 Å². The number of esters is 3. The lowest BCUT2D eigenvalue weighted by atomic mass is 9.80. The van der Waals surface area contributed by atoms with Crippen LogP contribution in [0.2, 0.25) is 0 Å². The number of amides is 2. The summed E-state index contributed by atoms with van der Waals surface area (Å²) in [6.45, 7) is 17.7. The van der Waals surface area contributed by atoms with Gasteiger partial charge in [-0.15, -0.1) is 11.6 Å². The maximum atomic E-state index is 13.3. The lowest BCUT2D eigenvalue weighted by molar-refractivity contribution is -0.362. The van der Waals surface area contributed by atoms with E-state index in [1.54, 1.807) is 26.0 Å². The molecule has 4 heterocycles. The van der Waals surface area contributed by atoms with Gasteiger partial charge >= 0.3 is 17.9 Å². The van der Waals surface area contributed by atoms with Gasteiger partial charge in [-0.25, -0.2) is 0 Å². The van der Waals surface area contributed by atoms with E-state index in [-0.39, 0.29) is 85.3 Å². The van der Waals surface area contributed by atoms with Crippen LogP contribution < -0.4 is 10.6 Å². The Morgan fingerprint density at radius 1 is 0.720 bits per heavy atom. The van der Waals surface area contributed by atoms with E-state index < -0.39 is 84.2 Å². The molecular formula is C55H83ClN2O17. The fourth-order valence-electron chi connectivity index (χ4n) is 9.81. The Kier molecular flexibility index (Phi) is 23.9. The largest absolute Gasteiger partial charge is 0.462 e. The number of carbonyl (C=O) groups is 5. The summed E-state index contributed by atoms with van der Waals surface area (Å²) >= 11 is 6.23. The van der Waals surface area contributed by atoms with E-state index in [1.165, 1.54) is 44.2 Å². The molecule has 0 aliphatic carbocycles. The number of ether oxygens (including phenoxy) is 7. The Balaban J connectivity index is 1.29. The molecule has 75 heavy (non-hydrogen) atoms. The summed E-state index contributed by atoms with van der Waals surface area (Å²) in [7, 11) is 0. The van der Waals surface area contributed by atoms with E-state index in [2.05, 4.69) is 17.6 Å². The first-order valence-electron chi connectivity index (χ1n) is 25.9. The number of hydrogen-bond donors (Lipinski definition) is 7. The third-order valence-electron chi connectivity index (χ3n) is 14.1. The highest BCUT2D eigenvalue weighted by atomic mass is 35.5. The molecule has 0 aromatic rings. The van der Waals surface area contributed by atoms with E-state index >= 15 is 0 Å². The van der Waals surface area contributed by atoms with Crippen LogP contribution in [-0.2, 0) is 57.1 Å². The third kappa shape index (κ3) is 19.6. The molecule has 4 rings (SSSR count). The molecule has 0 spiro atoms. The summed E-state index contributed by atoms with van der Waals surface area (Å²) in [5, 5.41) is 62.5. The van der Waals surface area contributed by atoms with Gasteiger partial charge in [-0.05, 0) is 98.1 Å². The maximum Gasteiger partial charge on any atom is 0.308 e. The van der Waals surface area contributed by atoms with Crippen LogP contribution in [0, 0.1) is 11.8 Å². The van der Waals surface area contributed by atoms with E-state index in [1.807, 2.05) is 52.8 Å². The van der Waals surface area contributed by atoms with Crippen molar-refractivity contribution >= 4 is 41.3 Å². The molecule has 20 heteroatoms. The van der Waals surface area contributed by atoms with Crippen molar-refractivity contribution in [2.45, 2.75) is 217 Å². The smallest absolute Gasteiger partial charge is 0.308 e. The van der Waals surface area contributed by atoms with E-state index in [4.69, 9.17) is 44.8 Å². The molecule has 18 atom stereocenters. The van der Waals surface area contributed by atoms with Gasteiger partial charge in [0.05, 0.1) is 66.6 Å². The van der Waals surface area contributed by atoms with Crippen LogP contribution in [0.4, 0.5) is 0 Å². The minimum absolute atomic E-state index is 0.00485. The molecule has 4 aliphatic rings. The van der Waals surface area contributed by atoms with E-state index in [9.17, 15) is 49.5 Å². The number of aliphatic hydroxyl groups excluding tert-OH is 2. The number of halogens is 1. The maximum absolute atomic E-state index is 13.3. The number of aliphatic hydroxyl groups is 5. The molecule has 422 valence electrons. The first kappa shape index (κ1) is 63.3. The van der Waals surface area contributed by atoms with Gasteiger partial charge in [-0.3, -0.25) is 24.0 Å². The number of allylic oxidation sites excluding steroid dienone is 4. The van der Waals surface area contributed by atoms with Crippen LogP contribution in [0.5, 0.6) is 0 Å². The van der Waals surface area contributed by atoms with Gasteiger partial charge in [-0.1, -0.05) is 61.4 Å². The summed E-state index contributed by atoms with van der Waals surface area (Å²) in [5.74, 6) is -4.69. The van der Waals surface area contributed by atoms with Crippen molar-refractivity contribution in [2.75, 3.05) is 12.5 Å². The quantitative estimate of drug-likeness (QED) is 0.0276. The normalized spacial score (nSPS) is 36.8. The summed E-state index contributed by atoms with van der Waals surface area (Å²) in [6.07, 6.45) is 9.88. The van der Waals surface area contributed by atoms with Gasteiger partial charge in [0.25, 0.3) is 0 Å². The van der Waals surface area contributed by atoms with Gasteiger partial charge in [0.1, 0.15) is 37.1 Å². The van der Waals surface area contributed by atoms with Crippen molar-refractivity contribution in [3.8, 4) is 0 Å². The van der Waals surface area contributed by atoms with Crippen molar-refractivity contribution in [1.29, 1.82) is 0 Å². The molecule has 0 saturated carbocycles. The number of alkyl halides is 1. The second-order valence-electron chi connectivity index (χ2n) is 21.3. The first-order chi connectivity index (χ1) is 35.0. The lowest BCUT2D eigenvalue weighted by Crippen LogP contribution is -2.72. The molecule has 4 saturated heterocycles. The van der Waals surface area contributed by atoms with Crippen molar-refractivity contribution < 1.29 is 82.7 Å². The molecular weight excluding hydrogens is 996 g/mol. The number of rotatable bonds is 21. The average molecular weight is 1080 g/mol. The second kappa shape index (κ2) is 28.4. The zero-order chi connectivity index (χ0) is 56.0. The zero-order valence-corrected chi connectivity index (χ0v) is 46.1. The van der Waals surface area contributed by atoms with Gasteiger partial charge in [-0.2, -0.15) is 0 Å². The highest BCUT2D eigenvalue weighted by molar-refractivity contribution is 6.18. The van der Waals surface area contributed by atoms with Crippen LogP contribution >= 0.6 is 11.6 Å². The number of carbonyl (C=O) groups excluding carboxylic acids is 5. The Morgan fingerprint density at radius 2 is 1.20 bits per heavy atom. The Labute approximate surface area is 446 Å². The molecule has 7 N–H and O–H groups in total. The SMILES string of the molecule is CC(=O)O[C@@H](C)C=CC(=O)N[C@@H]1C[C@H](C)[C@H](CC=C(C)C=C[C@H]2C[C@@](O)(CCl)C[C@@H](CC(=O)OC[C@]3(O)[C@H](O)[C@@H](C=CC(C)=CC[C@@H]4O[C@H](C)[C@H](NC(=O)C=C[C@H](C)OC(C)=O)C[C@@H]4C)O[C@@](C)(O)[C@@H]3O)O2)O[C@@H]1C. The van der Waals surface area contributed by atoms with Crippen LogP contribution in [0.3, 0.4) is 0 Å². The van der Waals surface area contributed by atoms with Crippen molar-refractivity contribution in [1.82, 2.24) is 10.6 Å². The van der Waals surface area contributed by atoms with Crippen LogP contribution in [0.1, 0.15) is 121 Å². The molecule has 19 nitrogen and oxygen atoms in total. The first-order valence-corrected chi connectivity index (χ1v) is 26.5. The highest BCUT2D eigenvalue weighted by Gasteiger charge is 2.60. The van der Waals surface area contributed by atoms with Crippen LogP contribution in [0.25, 0.3) is 0 Å². The summed E-state index contributed by atoms with van der Waals surface area (Å²) in [5.41, 5.74) is -2.33. The Morgan fingerprint density at radius 3 is 1.67 bits per heavy atom. The molecule has 0 unspecified atom stereocenters. The fraction of sp³-hybridized carbons (Fsp3) is 0.691. The van der Waals surface area contributed by atoms with Crippen molar-refractivity contribution in [2.24, 2.45) is 11.8 Å². The Hall–Kier alpha value is -4.28. The van der Waals surface area contributed by atoms with Gasteiger partial charge in [0, 0.05) is 38.8 Å². The van der Waals surface area contributed by atoms with E-state index in [0.717, 1.165) is 18.1 Å². The lowest BCUT2D eigenvalue weighted by Gasteiger charge is -2.50. The minimum atomic E-state index is -2.58.